The Labute approximate surface area is 186 Å². The van der Waals surface area contributed by atoms with Crippen LogP contribution < -0.4 is 10.0 Å². The standard InChI is InChI=1S/C21H25ClFN3O4S/c1-21(2,26-9-11-30-12-10-26)14-24-20(27)15-3-8-18(22)19(13-15)25-31(28,29)17-6-4-16(23)5-7-17/h3-8,13,25H,9-12,14H2,1-2H3,(H,24,27). The number of nitrogens with one attached hydrogen (secondary N) is 2. The molecule has 2 N–H and O–H groups in total. The summed E-state index contributed by atoms with van der Waals surface area (Å²) >= 11 is 6.13. The van der Waals surface area contributed by atoms with E-state index in [1.165, 1.54) is 18.2 Å². The summed E-state index contributed by atoms with van der Waals surface area (Å²) in [6.45, 7) is 7.40. The minimum absolute atomic E-state index is 0.0612. The van der Waals surface area contributed by atoms with Crippen LogP contribution in [-0.2, 0) is 14.8 Å². The molecule has 0 bridgehead atoms. The van der Waals surface area contributed by atoms with Crippen LogP contribution in [0, 0.1) is 5.82 Å². The number of anilines is 1. The summed E-state index contributed by atoms with van der Waals surface area (Å²) in [6, 6.07) is 8.75. The number of carbonyl (C=O) groups is 1. The van der Waals surface area contributed by atoms with Crippen LogP contribution in [0.15, 0.2) is 47.4 Å². The van der Waals surface area contributed by atoms with E-state index < -0.39 is 15.8 Å². The van der Waals surface area contributed by atoms with Crippen LogP contribution >= 0.6 is 11.6 Å². The molecule has 10 heteroatoms. The number of carbonyl (C=O) groups excluding carboxylic acids is 1. The second-order valence-electron chi connectivity index (χ2n) is 7.85. The number of amides is 1. The molecule has 0 spiro atoms. The van der Waals surface area contributed by atoms with Crippen LogP contribution in [0.25, 0.3) is 0 Å². The fourth-order valence-electron chi connectivity index (χ4n) is 3.24. The molecule has 0 unspecified atom stereocenters. The monoisotopic (exact) mass is 469 g/mol. The summed E-state index contributed by atoms with van der Waals surface area (Å²) in [5, 5.41) is 3.04. The Morgan fingerprint density at radius 3 is 2.45 bits per heavy atom. The molecule has 0 saturated carbocycles. The topological polar surface area (TPSA) is 87.7 Å². The van der Waals surface area contributed by atoms with E-state index in [1.54, 1.807) is 0 Å². The zero-order chi connectivity index (χ0) is 22.6. The summed E-state index contributed by atoms with van der Waals surface area (Å²) < 4.78 is 46.0. The van der Waals surface area contributed by atoms with Crippen molar-refractivity contribution in [3.8, 4) is 0 Å². The summed E-state index contributed by atoms with van der Waals surface area (Å²) in [6.07, 6.45) is 0. The third-order valence-electron chi connectivity index (χ3n) is 5.15. The number of benzene rings is 2. The van der Waals surface area contributed by atoms with E-state index in [4.69, 9.17) is 16.3 Å². The first kappa shape index (κ1) is 23.5. The van der Waals surface area contributed by atoms with Crippen LogP contribution in [0.2, 0.25) is 5.02 Å². The smallest absolute Gasteiger partial charge is 0.261 e. The van der Waals surface area contributed by atoms with Crippen molar-refractivity contribution in [3.63, 3.8) is 0 Å². The predicted molar refractivity (Wildman–Crippen MR) is 117 cm³/mol. The molecule has 0 atom stereocenters. The van der Waals surface area contributed by atoms with Crippen molar-refractivity contribution in [3.05, 3.63) is 58.9 Å². The van der Waals surface area contributed by atoms with Gasteiger partial charge in [-0.25, -0.2) is 12.8 Å². The third kappa shape index (κ3) is 5.94. The Morgan fingerprint density at radius 1 is 1.16 bits per heavy atom. The molecule has 1 saturated heterocycles. The normalized spacial score (nSPS) is 15.5. The van der Waals surface area contributed by atoms with Gasteiger partial charge in [0, 0.05) is 30.7 Å². The van der Waals surface area contributed by atoms with Gasteiger partial charge in [0.25, 0.3) is 15.9 Å². The lowest BCUT2D eigenvalue weighted by Gasteiger charge is -2.40. The Morgan fingerprint density at radius 2 is 1.81 bits per heavy atom. The summed E-state index contributed by atoms with van der Waals surface area (Å²) in [5.74, 6) is -0.893. The SMILES string of the molecule is CC(C)(CNC(=O)c1ccc(Cl)c(NS(=O)(=O)c2ccc(F)cc2)c1)N1CCOCC1. The number of ether oxygens (including phenoxy) is 1. The van der Waals surface area contributed by atoms with Crippen LogP contribution in [0.4, 0.5) is 10.1 Å². The van der Waals surface area contributed by atoms with Gasteiger partial charge in [-0.15, -0.1) is 0 Å². The van der Waals surface area contributed by atoms with Crippen LogP contribution in [-0.4, -0.2) is 57.6 Å². The predicted octanol–water partition coefficient (Wildman–Crippen LogP) is 3.12. The highest BCUT2D eigenvalue weighted by Gasteiger charge is 2.28. The van der Waals surface area contributed by atoms with Gasteiger partial charge >= 0.3 is 0 Å². The first-order valence-corrected chi connectivity index (χ1v) is 11.6. The van der Waals surface area contributed by atoms with Crippen molar-refractivity contribution in [2.45, 2.75) is 24.3 Å². The molecule has 0 radical (unpaired) electrons. The highest BCUT2D eigenvalue weighted by Crippen LogP contribution is 2.26. The molecule has 2 aromatic carbocycles. The molecule has 0 aliphatic carbocycles. The fourth-order valence-corrected chi connectivity index (χ4v) is 4.53. The first-order valence-electron chi connectivity index (χ1n) is 9.77. The number of morpholine rings is 1. The van der Waals surface area contributed by atoms with Gasteiger partial charge in [0.15, 0.2) is 0 Å². The van der Waals surface area contributed by atoms with Crippen molar-refractivity contribution >= 4 is 33.2 Å². The molecule has 1 aliphatic heterocycles. The maximum Gasteiger partial charge on any atom is 0.261 e. The molecule has 0 aromatic heterocycles. The number of hydrogen-bond acceptors (Lipinski definition) is 5. The molecular formula is C21H25ClFN3O4S. The van der Waals surface area contributed by atoms with Gasteiger partial charge < -0.3 is 10.1 Å². The van der Waals surface area contributed by atoms with E-state index in [-0.39, 0.29) is 32.6 Å². The van der Waals surface area contributed by atoms with E-state index >= 15 is 0 Å². The third-order valence-corrected chi connectivity index (χ3v) is 6.86. The van der Waals surface area contributed by atoms with E-state index in [0.29, 0.717) is 19.8 Å². The van der Waals surface area contributed by atoms with Crippen molar-refractivity contribution in [1.82, 2.24) is 10.2 Å². The molecule has 31 heavy (non-hydrogen) atoms. The summed E-state index contributed by atoms with van der Waals surface area (Å²) in [4.78, 5) is 14.8. The van der Waals surface area contributed by atoms with Crippen molar-refractivity contribution in [2.24, 2.45) is 0 Å². The average Bonchev–Trinajstić information content (AvgIpc) is 2.74. The Kier molecular flexibility index (Phi) is 7.20. The number of sulfonamides is 1. The van der Waals surface area contributed by atoms with Crippen molar-refractivity contribution in [2.75, 3.05) is 37.6 Å². The van der Waals surface area contributed by atoms with E-state index in [2.05, 4.69) is 14.9 Å². The second-order valence-corrected chi connectivity index (χ2v) is 9.94. The number of halogens is 2. The number of nitrogens with zero attached hydrogens (tertiary/aromatic N) is 1. The van der Waals surface area contributed by atoms with Gasteiger partial charge in [-0.1, -0.05) is 11.6 Å². The van der Waals surface area contributed by atoms with E-state index in [9.17, 15) is 17.6 Å². The maximum atomic E-state index is 13.1. The van der Waals surface area contributed by atoms with Crippen molar-refractivity contribution < 1.29 is 22.3 Å². The molecule has 1 aliphatic rings. The zero-order valence-corrected chi connectivity index (χ0v) is 18.9. The molecule has 2 aromatic rings. The van der Waals surface area contributed by atoms with Gasteiger partial charge in [0.05, 0.1) is 28.8 Å². The highest BCUT2D eigenvalue weighted by atomic mass is 35.5. The van der Waals surface area contributed by atoms with Gasteiger partial charge in [0.2, 0.25) is 0 Å². The van der Waals surface area contributed by atoms with Gasteiger partial charge in [-0.3, -0.25) is 14.4 Å². The minimum atomic E-state index is -4.00. The molecule has 1 amide bonds. The molecule has 7 nitrogen and oxygen atoms in total. The Balaban J connectivity index is 1.71. The van der Waals surface area contributed by atoms with Crippen LogP contribution in [0.1, 0.15) is 24.2 Å². The van der Waals surface area contributed by atoms with Crippen LogP contribution in [0.3, 0.4) is 0 Å². The van der Waals surface area contributed by atoms with Gasteiger partial charge in [-0.2, -0.15) is 0 Å². The maximum absolute atomic E-state index is 13.1. The largest absolute Gasteiger partial charge is 0.379 e. The highest BCUT2D eigenvalue weighted by molar-refractivity contribution is 7.92. The summed E-state index contributed by atoms with van der Waals surface area (Å²) in [5.41, 5.74) is 0.0591. The fraction of sp³-hybridized carbons (Fsp3) is 0.381. The first-order chi connectivity index (χ1) is 14.6. The molecule has 168 valence electrons. The quantitative estimate of drug-likeness (QED) is 0.650. The number of hydrogen-bond donors (Lipinski definition) is 2. The minimum Gasteiger partial charge on any atom is -0.379 e. The lowest BCUT2D eigenvalue weighted by Crippen LogP contribution is -2.55. The lowest BCUT2D eigenvalue weighted by atomic mass is 10.0. The van der Waals surface area contributed by atoms with E-state index in [0.717, 1.165) is 37.4 Å². The molecule has 1 heterocycles. The average molecular weight is 470 g/mol. The molecule has 1 fully saturated rings. The van der Waals surface area contributed by atoms with Gasteiger partial charge in [0.1, 0.15) is 5.82 Å². The van der Waals surface area contributed by atoms with E-state index in [1.807, 2.05) is 13.8 Å². The Bertz CT molecular complexity index is 1040. The van der Waals surface area contributed by atoms with Crippen molar-refractivity contribution in [1.29, 1.82) is 0 Å². The zero-order valence-electron chi connectivity index (χ0n) is 17.3. The number of rotatable bonds is 7. The van der Waals surface area contributed by atoms with Gasteiger partial charge in [-0.05, 0) is 56.3 Å². The lowest BCUT2D eigenvalue weighted by molar-refractivity contribution is -0.00923. The molecule has 3 rings (SSSR count). The second kappa shape index (κ2) is 9.52. The Hall–Kier alpha value is -2.20. The molecular weight excluding hydrogens is 445 g/mol. The summed E-state index contributed by atoms with van der Waals surface area (Å²) in [7, 11) is -4.00. The van der Waals surface area contributed by atoms with Crippen LogP contribution in [0.5, 0.6) is 0 Å².